The maximum Gasteiger partial charge on any atom is 0.416 e. The summed E-state index contributed by atoms with van der Waals surface area (Å²) < 4.78 is 43.7. The first-order valence-corrected chi connectivity index (χ1v) is 8.07. The molecule has 9 heteroatoms. The number of rotatable bonds is 3. The lowest BCUT2D eigenvalue weighted by Gasteiger charge is -2.21. The van der Waals surface area contributed by atoms with Crippen molar-refractivity contribution < 1.29 is 32.3 Å². The number of carbonyl (C=O) groups is 3. The molecule has 26 heavy (non-hydrogen) atoms. The molecule has 1 N–H and O–H groups in total. The van der Waals surface area contributed by atoms with Gasteiger partial charge in [-0.05, 0) is 24.6 Å². The average Bonchev–Trinajstić information content (AvgIpc) is 3.11. The second-order valence-corrected chi connectivity index (χ2v) is 6.24. The Labute approximate surface area is 147 Å². The Morgan fingerprint density at radius 2 is 1.88 bits per heavy atom. The quantitative estimate of drug-likeness (QED) is 0.645. The van der Waals surface area contributed by atoms with Crippen molar-refractivity contribution in [2.45, 2.75) is 25.2 Å². The molecule has 2 aliphatic heterocycles. The molecule has 0 bridgehead atoms. The van der Waals surface area contributed by atoms with Crippen LogP contribution >= 0.6 is 0 Å². The lowest BCUT2D eigenvalue weighted by atomic mass is 9.86. The van der Waals surface area contributed by atoms with E-state index in [2.05, 4.69) is 5.32 Å². The monoisotopic (exact) mass is 370 g/mol. The van der Waals surface area contributed by atoms with Gasteiger partial charge < -0.3 is 4.74 Å². The van der Waals surface area contributed by atoms with Crippen LogP contribution in [0, 0.1) is 11.8 Å². The second kappa shape index (κ2) is 6.39. The zero-order valence-corrected chi connectivity index (χ0v) is 14.0. The fourth-order valence-electron chi connectivity index (χ4n) is 3.74. The van der Waals surface area contributed by atoms with E-state index >= 15 is 0 Å². The normalized spacial score (nSPS) is 28.4. The number of halogens is 3. The maximum absolute atomic E-state index is 13.0. The molecule has 0 saturated carbocycles. The van der Waals surface area contributed by atoms with Crippen LogP contribution in [-0.4, -0.2) is 42.4 Å². The number of carbonyl (C=O) groups excluding carboxylic acids is 3. The third kappa shape index (κ3) is 2.76. The zero-order chi connectivity index (χ0) is 19.2. The third-order valence-corrected chi connectivity index (χ3v) is 4.91. The lowest BCUT2D eigenvalue weighted by molar-refractivity contribution is -0.148. The number of fused-ring (bicyclic) bond motifs is 1. The molecule has 1 aromatic rings. The molecule has 6 nitrogen and oxygen atoms in total. The SMILES string of the molecule is CCN1C(=O)[C@@H]2[C@H](C1=O)[C@H](c1cccc(C(F)(F)F)c1)N[C@@H]2C(=O)OC. The van der Waals surface area contributed by atoms with Gasteiger partial charge in [0.1, 0.15) is 6.04 Å². The standard InChI is InChI=1S/C17H17F3N2O4/c1-3-22-14(23)10-11(15(22)24)13(16(25)26-2)21-12(10)8-5-4-6-9(7-8)17(18,19)20/h4-7,10-13,21H,3H2,1-2H3/t10-,11+,12-,13-/m0/s1. The van der Waals surface area contributed by atoms with Gasteiger partial charge in [0.25, 0.3) is 0 Å². The number of nitrogens with zero attached hydrogens (tertiary/aromatic N) is 1. The average molecular weight is 370 g/mol. The summed E-state index contributed by atoms with van der Waals surface area (Å²) in [5.74, 6) is -3.68. The van der Waals surface area contributed by atoms with E-state index in [9.17, 15) is 27.6 Å². The molecule has 2 saturated heterocycles. The van der Waals surface area contributed by atoms with Gasteiger partial charge in [-0.2, -0.15) is 13.2 Å². The van der Waals surface area contributed by atoms with Crippen molar-refractivity contribution in [1.82, 2.24) is 10.2 Å². The van der Waals surface area contributed by atoms with E-state index in [0.717, 1.165) is 24.1 Å². The van der Waals surface area contributed by atoms with Gasteiger partial charge >= 0.3 is 12.1 Å². The van der Waals surface area contributed by atoms with Crippen molar-refractivity contribution in [2.24, 2.45) is 11.8 Å². The molecule has 4 atom stereocenters. The van der Waals surface area contributed by atoms with Gasteiger partial charge in [0, 0.05) is 12.6 Å². The van der Waals surface area contributed by atoms with Crippen LogP contribution in [0.1, 0.15) is 24.1 Å². The summed E-state index contributed by atoms with van der Waals surface area (Å²) in [6.45, 7) is 1.75. The van der Waals surface area contributed by atoms with Crippen molar-refractivity contribution in [3.63, 3.8) is 0 Å². The van der Waals surface area contributed by atoms with Crippen molar-refractivity contribution in [3.05, 3.63) is 35.4 Å². The highest BCUT2D eigenvalue weighted by molar-refractivity contribution is 6.08. The van der Waals surface area contributed by atoms with Gasteiger partial charge in [0.15, 0.2) is 0 Å². The molecular weight excluding hydrogens is 353 g/mol. The molecule has 0 unspecified atom stereocenters. The number of methoxy groups -OCH3 is 1. The number of hydrogen-bond donors (Lipinski definition) is 1. The fourth-order valence-corrected chi connectivity index (χ4v) is 3.74. The van der Waals surface area contributed by atoms with Crippen LogP contribution in [-0.2, 0) is 25.3 Å². The van der Waals surface area contributed by atoms with Crippen LogP contribution in [0.25, 0.3) is 0 Å². The van der Waals surface area contributed by atoms with Crippen molar-refractivity contribution in [1.29, 1.82) is 0 Å². The smallest absolute Gasteiger partial charge is 0.416 e. The number of imide groups is 1. The minimum absolute atomic E-state index is 0.133. The Bertz CT molecular complexity index is 765. The predicted octanol–water partition coefficient (Wildman–Crippen LogP) is 1.51. The number of likely N-dealkylation sites (tertiary alicyclic amines) is 1. The highest BCUT2D eigenvalue weighted by atomic mass is 19.4. The first-order chi connectivity index (χ1) is 12.2. The molecule has 1 aromatic carbocycles. The van der Waals surface area contributed by atoms with E-state index in [0.29, 0.717) is 0 Å². The summed E-state index contributed by atoms with van der Waals surface area (Å²) in [6, 6.07) is 2.56. The predicted molar refractivity (Wildman–Crippen MR) is 82.5 cm³/mol. The summed E-state index contributed by atoms with van der Waals surface area (Å²) in [5, 5.41) is 2.83. The summed E-state index contributed by atoms with van der Waals surface area (Å²) in [7, 11) is 1.15. The first-order valence-electron chi connectivity index (χ1n) is 8.07. The van der Waals surface area contributed by atoms with Crippen molar-refractivity contribution in [3.8, 4) is 0 Å². The molecule has 0 radical (unpaired) electrons. The van der Waals surface area contributed by atoms with Crippen molar-refractivity contribution in [2.75, 3.05) is 13.7 Å². The molecule has 140 valence electrons. The van der Waals surface area contributed by atoms with Crippen LogP contribution in [0.15, 0.2) is 24.3 Å². The summed E-state index contributed by atoms with van der Waals surface area (Å²) in [5.41, 5.74) is -0.667. The minimum Gasteiger partial charge on any atom is -0.468 e. The molecule has 2 heterocycles. The van der Waals surface area contributed by atoms with E-state index in [4.69, 9.17) is 4.74 Å². The highest BCUT2D eigenvalue weighted by Gasteiger charge is 2.60. The number of amides is 2. The summed E-state index contributed by atoms with van der Waals surface area (Å²) >= 11 is 0. The molecule has 0 aromatic heterocycles. The first kappa shape index (κ1) is 18.4. The van der Waals surface area contributed by atoms with Gasteiger partial charge in [-0.3, -0.25) is 24.6 Å². The van der Waals surface area contributed by atoms with Crippen LogP contribution in [0.2, 0.25) is 0 Å². The molecule has 2 aliphatic rings. The van der Waals surface area contributed by atoms with Gasteiger partial charge in [-0.25, -0.2) is 0 Å². The minimum atomic E-state index is -4.54. The Hall–Kier alpha value is -2.42. The van der Waals surface area contributed by atoms with E-state index in [1.165, 1.54) is 12.1 Å². The molecule has 2 fully saturated rings. The largest absolute Gasteiger partial charge is 0.468 e. The van der Waals surface area contributed by atoms with Crippen LogP contribution in [0.5, 0.6) is 0 Å². The van der Waals surface area contributed by atoms with Gasteiger partial charge in [0.2, 0.25) is 11.8 Å². The second-order valence-electron chi connectivity index (χ2n) is 6.24. The molecule has 2 amide bonds. The Kier molecular flexibility index (Phi) is 4.51. The number of alkyl halides is 3. The maximum atomic E-state index is 13.0. The highest BCUT2D eigenvalue weighted by Crippen LogP contribution is 2.44. The summed E-state index contributed by atoms with van der Waals surface area (Å²) in [6.07, 6.45) is -4.54. The van der Waals surface area contributed by atoms with E-state index in [1.807, 2.05) is 0 Å². The molecule has 0 spiro atoms. The van der Waals surface area contributed by atoms with Gasteiger partial charge in [-0.1, -0.05) is 12.1 Å². The fraction of sp³-hybridized carbons (Fsp3) is 0.471. The molecule has 3 rings (SSSR count). The topological polar surface area (TPSA) is 75.7 Å². The molecular formula is C17H17F3N2O4. The van der Waals surface area contributed by atoms with E-state index in [1.54, 1.807) is 6.92 Å². The number of ether oxygens (including phenoxy) is 1. The Morgan fingerprint density at radius 1 is 1.23 bits per heavy atom. The van der Waals surface area contributed by atoms with Gasteiger partial charge in [-0.15, -0.1) is 0 Å². The number of nitrogens with one attached hydrogen (secondary N) is 1. The zero-order valence-electron chi connectivity index (χ0n) is 14.0. The van der Waals surface area contributed by atoms with Gasteiger partial charge in [0.05, 0.1) is 24.5 Å². The van der Waals surface area contributed by atoms with Crippen LogP contribution in [0.4, 0.5) is 13.2 Å². The third-order valence-electron chi connectivity index (χ3n) is 4.91. The summed E-state index contributed by atoms with van der Waals surface area (Å²) in [4.78, 5) is 38.3. The van der Waals surface area contributed by atoms with E-state index in [-0.39, 0.29) is 12.1 Å². The Morgan fingerprint density at radius 3 is 2.46 bits per heavy atom. The molecule has 0 aliphatic carbocycles. The van der Waals surface area contributed by atoms with Crippen LogP contribution < -0.4 is 5.32 Å². The Balaban J connectivity index is 2.04. The number of esters is 1. The van der Waals surface area contributed by atoms with Crippen molar-refractivity contribution >= 4 is 17.8 Å². The lowest BCUT2D eigenvalue weighted by Crippen LogP contribution is -2.43. The van der Waals surface area contributed by atoms with E-state index < -0.39 is 53.4 Å². The number of hydrogen-bond acceptors (Lipinski definition) is 5. The number of benzene rings is 1. The van der Waals surface area contributed by atoms with Crippen LogP contribution in [0.3, 0.4) is 0 Å².